The van der Waals surface area contributed by atoms with Gasteiger partial charge in [-0.15, -0.1) is 0 Å². The quantitative estimate of drug-likeness (QED) is 0.710. The Hall–Kier alpha value is -2.47. The fourth-order valence-corrected chi connectivity index (χ4v) is 3.64. The molecule has 2 aromatic rings. The second-order valence-corrected chi connectivity index (χ2v) is 6.83. The highest BCUT2D eigenvalue weighted by molar-refractivity contribution is 9.10. The molecule has 0 saturated heterocycles. The Morgan fingerprint density at radius 1 is 1.04 bits per heavy atom. The molecule has 0 N–H and O–H groups in total. The van der Waals surface area contributed by atoms with Crippen molar-refractivity contribution in [3.05, 3.63) is 63.1 Å². The SMILES string of the molecule is CN1C(=O)c2ccc(C(=O)N3CCc4cc(Br)ccc43)cc2C1=O. The molecule has 2 aliphatic heterocycles. The third kappa shape index (κ3) is 2.10. The molecule has 0 bridgehead atoms. The highest BCUT2D eigenvalue weighted by Crippen LogP contribution is 2.32. The zero-order valence-corrected chi connectivity index (χ0v) is 14.5. The third-order valence-electron chi connectivity index (χ3n) is 4.52. The Morgan fingerprint density at radius 3 is 2.58 bits per heavy atom. The molecule has 0 fully saturated rings. The van der Waals surface area contributed by atoms with Crippen LogP contribution in [0.2, 0.25) is 0 Å². The largest absolute Gasteiger partial charge is 0.308 e. The lowest BCUT2D eigenvalue weighted by Gasteiger charge is -2.17. The molecule has 0 saturated carbocycles. The molecule has 24 heavy (non-hydrogen) atoms. The molecular formula is C18H13BrN2O3. The number of nitrogens with zero attached hydrogens (tertiary/aromatic N) is 2. The van der Waals surface area contributed by atoms with Gasteiger partial charge in [0.15, 0.2) is 0 Å². The molecule has 0 unspecified atom stereocenters. The van der Waals surface area contributed by atoms with Gasteiger partial charge >= 0.3 is 0 Å². The van der Waals surface area contributed by atoms with Crippen LogP contribution in [-0.4, -0.2) is 36.2 Å². The maximum Gasteiger partial charge on any atom is 0.261 e. The summed E-state index contributed by atoms with van der Waals surface area (Å²) in [7, 11) is 1.45. The summed E-state index contributed by atoms with van der Waals surface area (Å²) in [6.07, 6.45) is 0.797. The van der Waals surface area contributed by atoms with Crippen molar-refractivity contribution in [3.8, 4) is 0 Å². The van der Waals surface area contributed by atoms with E-state index in [0.29, 0.717) is 23.2 Å². The summed E-state index contributed by atoms with van der Waals surface area (Å²) >= 11 is 3.44. The second-order valence-electron chi connectivity index (χ2n) is 5.91. The summed E-state index contributed by atoms with van der Waals surface area (Å²) in [6, 6.07) is 10.5. The molecule has 4 rings (SSSR count). The molecule has 0 aromatic heterocycles. The number of amides is 3. The molecule has 5 nitrogen and oxygen atoms in total. The van der Waals surface area contributed by atoms with Crippen molar-refractivity contribution < 1.29 is 14.4 Å². The molecule has 0 atom stereocenters. The zero-order valence-electron chi connectivity index (χ0n) is 12.9. The van der Waals surface area contributed by atoms with E-state index in [2.05, 4.69) is 15.9 Å². The number of halogens is 1. The fourth-order valence-electron chi connectivity index (χ4n) is 3.23. The first-order valence-electron chi connectivity index (χ1n) is 7.54. The van der Waals surface area contributed by atoms with E-state index in [1.165, 1.54) is 13.1 Å². The molecule has 120 valence electrons. The first-order chi connectivity index (χ1) is 11.5. The maximum absolute atomic E-state index is 12.9. The van der Waals surface area contributed by atoms with Crippen molar-refractivity contribution in [2.45, 2.75) is 6.42 Å². The van der Waals surface area contributed by atoms with Crippen LogP contribution in [0.4, 0.5) is 5.69 Å². The van der Waals surface area contributed by atoms with E-state index in [-0.39, 0.29) is 17.7 Å². The van der Waals surface area contributed by atoms with Crippen molar-refractivity contribution in [1.82, 2.24) is 4.90 Å². The van der Waals surface area contributed by atoms with E-state index in [1.807, 2.05) is 18.2 Å². The zero-order chi connectivity index (χ0) is 17.0. The van der Waals surface area contributed by atoms with Gasteiger partial charge < -0.3 is 4.90 Å². The van der Waals surface area contributed by atoms with Gasteiger partial charge in [-0.05, 0) is 48.4 Å². The van der Waals surface area contributed by atoms with Crippen LogP contribution in [0.5, 0.6) is 0 Å². The van der Waals surface area contributed by atoms with Crippen LogP contribution in [0.1, 0.15) is 36.6 Å². The predicted molar refractivity (Wildman–Crippen MR) is 92.4 cm³/mol. The normalized spacial score (nSPS) is 15.8. The maximum atomic E-state index is 12.9. The van der Waals surface area contributed by atoms with Crippen molar-refractivity contribution in [3.63, 3.8) is 0 Å². The Morgan fingerprint density at radius 2 is 1.79 bits per heavy atom. The lowest BCUT2D eigenvalue weighted by molar-refractivity contribution is 0.0693. The number of hydrogen-bond acceptors (Lipinski definition) is 3. The van der Waals surface area contributed by atoms with Crippen LogP contribution in [-0.2, 0) is 6.42 Å². The van der Waals surface area contributed by atoms with E-state index in [9.17, 15) is 14.4 Å². The summed E-state index contributed by atoms with van der Waals surface area (Å²) in [5.74, 6) is -0.852. The minimum atomic E-state index is -0.365. The highest BCUT2D eigenvalue weighted by Gasteiger charge is 2.34. The number of benzene rings is 2. The van der Waals surface area contributed by atoms with Gasteiger partial charge in [0, 0.05) is 29.3 Å². The van der Waals surface area contributed by atoms with Crippen molar-refractivity contribution in [2.75, 3.05) is 18.5 Å². The molecule has 3 amide bonds. The van der Waals surface area contributed by atoms with Crippen LogP contribution < -0.4 is 4.90 Å². The summed E-state index contributed by atoms with van der Waals surface area (Å²) in [4.78, 5) is 39.7. The number of fused-ring (bicyclic) bond motifs is 2. The molecule has 0 aliphatic carbocycles. The van der Waals surface area contributed by atoms with Gasteiger partial charge in [0.1, 0.15) is 0 Å². The van der Waals surface area contributed by atoms with Gasteiger partial charge in [0.25, 0.3) is 17.7 Å². The molecular weight excluding hydrogens is 372 g/mol. The van der Waals surface area contributed by atoms with E-state index < -0.39 is 0 Å². The first kappa shape index (κ1) is 15.1. The van der Waals surface area contributed by atoms with Crippen LogP contribution >= 0.6 is 15.9 Å². The molecule has 2 aliphatic rings. The van der Waals surface area contributed by atoms with Gasteiger partial charge in [0.2, 0.25) is 0 Å². The number of carbonyl (C=O) groups excluding carboxylic acids is 3. The molecule has 6 heteroatoms. The number of anilines is 1. The fraction of sp³-hybridized carbons (Fsp3) is 0.167. The molecule has 2 heterocycles. The van der Waals surface area contributed by atoms with Gasteiger partial charge in [0.05, 0.1) is 11.1 Å². The van der Waals surface area contributed by atoms with Crippen LogP contribution in [0.3, 0.4) is 0 Å². The third-order valence-corrected chi connectivity index (χ3v) is 5.01. The van der Waals surface area contributed by atoms with Crippen molar-refractivity contribution in [1.29, 1.82) is 0 Å². The Kier molecular flexibility index (Phi) is 3.31. The van der Waals surface area contributed by atoms with Gasteiger partial charge in [-0.1, -0.05) is 15.9 Å². The van der Waals surface area contributed by atoms with Gasteiger partial charge in [-0.25, -0.2) is 0 Å². The summed E-state index contributed by atoms with van der Waals surface area (Å²) in [5.41, 5.74) is 3.07. The van der Waals surface area contributed by atoms with Gasteiger partial charge in [-0.3, -0.25) is 19.3 Å². The lowest BCUT2D eigenvalue weighted by Crippen LogP contribution is -2.29. The summed E-state index contributed by atoms with van der Waals surface area (Å²) in [5, 5.41) is 0. The van der Waals surface area contributed by atoms with E-state index >= 15 is 0 Å². The Labute approximate surface area is 147 Å². The van der Waals surface area contributed by atoms with E-state index in [4.69, 9.17) is 0 Å². The molecule has 2 aromatic carbocycles. The standard InChI is InChI=1S/C18H13BrN2O3/c1-20-17(23)13-4-2-11(9-14(13)18(20)24)16(22)21-7-6-10-8-12(19)3-5-15(10)21/h2-5,8-9H,6-7H2,1H3. The lowest BCUT2D eigenvalue weighted by atomic mass is 10.0. The smallest absolute Gasteiger partial charge is 0.261 e. The van der Waals surface area contributed by atoms with Crippen molar-refractivity contribution >= 4 is 39.3 Å². The van der Waals surface area contributed by atoms with Crippen molar-refractivity contribution in [2.24, 2.45) is 0 Å². The van der Waals surface area contributed by atoms with E-state index in [1.54, 1.807) is 17.0 Å². The second kappa shape index (κ2) is 5.27. The first-order valence-corrected chi connectivity index (χ1v) is 8.33. The average molecular weight is 385 g/mol. The number of imide groups is 1. The number of carbonyl (C=O) groups is 3. The van der Waals surface area contributed by atoms with Crippen LogP contribution in [0.25, 0.3) is 0 Å². The number of hydrogen-bond donors (Lipinski definition) is 0. The minimum absolute atomic E-state index is 0.159. The highest BCUT2D eigenvalue weighted by atomic mass is 79.9. The van der Waals surface area contributed by atoms with Crippen LogP contribution in [0, 0.1) is 0 Å². The number of rotatable bonds is 1. The monoisotopic (exact) mass is 384 g/mol. The summed E-state index contributed by atoms with van der Waals surface area (Å²) < 4.78 is 0.986. The Balaban J connectivity index is 1.71. The topological polar surface area (TPSA) is 57.7 Å². The summed E-state index contributed by atoms with van der Waals surface area (Å²) in [6.45, 7) is 0.606. The predicted octanol–water partition coefficient (Wildman–Crippen LogP) is 2.88. The van der Waals surface area contributed by atoms with E-state index in [0.717, 1.165) is 27.0 Å². The molecule has 0 spiro atoms. The average Bonchev–Trinajstić information content (AvgIpc) is 3.09. The Bertz CT molecular complexity index is 922. The van der Waals surface area contributed by atoms with Crippen LogP contribution in [0.15, 0.2) is 40.9 Å². The van der Waals surface area contributed by atoms with Gasteiger partial charge in [-0.2, -0.15) is 0 Å². The minimum Gasteiger partial charge on any atom is -0.308 e. The molecule has 0 radical (unpaired) electrons.